The number of allylic oxidation sites excluding steroid dienone is 4. The van der Waals surface area contributed by atoms with Crippen molar-refractivity contribution in [3.8, 4) is 0 Å². The summed E-state index contributed by atoms with van der Waals surface area (Å²) in [7, 11) is 0. The molecule has 7 rings (SSSR count). The SMILES string of the molecule is CC(C)Nc1cc(Sc2ccc([C@@H]3O[C@@H]4C[C@H]5[C@@H]6CCC7=CC(=O)C=C[C@]7(C)[C@H]6[C@@H](O)C[C@]5(C)[C@]4(C(=O)CO)O3)cc2)ccc1Cl. The van der Waals surface area contributed by atoms with Gasteiger partial charge in [-0.3, -0.25) is 9.59 Å². The van der Waals surface area contributed by atoms with Gasteiger partial charge in [0, 0.05) is 38.1 Å². The topological polar surface area (TPSA) is 105 Å². The average Bonchev–Trinajstić information content (AvgIpc) is 3.51. The number of ether oxygens (including phenoxy) is 2. The minimum Gasteiger partial charge on any atom is -0.393 e. The van der Waals surface area contributed by atoms with Crippen molar-refractivity contribution < 1.29 is 29.3 Å². The number of aliphatic hydroxyl groups excluding tert-OH is 2. The number of ketones is 2. The molecule has 2 aromatic carbocycles. The van der Waals surface area contributed by atoms with Crippen LogP contribution in [0.1, 0.15) is 65.2 Å². The van der Waals surface area contributed by atoms with Crippen molar-refractivity contribution in [2.75, 3.05) is 11.9 Å². The lowest BCUT2D eigenvalue weighted by molar-refractivity contribution is -0.201. The molecule has 2 aromatic rings. The summed E-state index contributed by atoms with van der Waals surface area (Å²) in [6.45, 7) is 7.68. The maximum absolute atomic E-state index is 13.8. The number of anilines is 1. The van der Waals surface area contributed by atoms with Crippen LogP contribution >= 0.6 is 23.4 Å². The number of hydrogen-bond donors (Lipinski definition) is 3. The molecule has 7 nitrogen and oxygen atoms in total. The van der Waals surface area contributed by atoms with Crippen LogP contribution < -0.4 is 5.32 Å². The van der Waals surface area contributed by atoms with E-state index in [-0.39, 0.29) is 35.4 Å². The zero-order chi connectivity index (χ0) is 32.6. The van der Waals surface area contributed by atoms with E-state index in [0.29, 0.717) is 17.9 Å². The summed E-state index contributed by atoms with van der Waals surface area (Å²) in [6, 6.07) is 14.2. The molecule has 244 valence electrons. The Hall–Kier alpha value is -2.46. The zero-order valence-corrected chi connectivity index (χ0v) is 28.2. The molecule has 0 unspecified atom stereocenters. The van der Waals surface area contributed by atoms with Crippen LogP contribution in [0.15, 0.2) is 76.1 Å². The van der Waals surface area contributed by atoms with E-state index in [1.165, 1.54) is 0 Å². The molecule has 3 saturated carbocycles. The Kier molecular flexibility index (Phi) is 8.10. The van der Waals surface area contributed by atoms with E-state index in [0.717, 1.165) is 39.5 Å². The number of hydrogen-bond acceptors (Lipinski definition) is 8. The molecular formula is C37H42ClNO6S. The van der Waals surface area contributed by atoms with Gasteiger partial charge in [0.2, 0.25) is 0 Å². The predicted molar refractivity (Wildman–Crippen MR) is 178 cm³/mol. The Bertz CT molecular complexity index is 1620. The molecule has 0 radical (unpaired) electrons. The highest BCUT2D eigenvalue weighted by atomic mass is 35.5. The Labute approximate surface area is 279 Å². The maximum Gasteiger partial charge on any atom is 0.193 e. The first kappa shape index (κ1) is 32.1. The minimum absolute atomic E-state index is 0.00137. The van der Waals surface area contributed by atoms with Gasteiger partial charge in [-0.15, -0.1) is 0 Å². The van der Waals surface area contributed by atoms with Crippen molar-refractivity contribution in [3.05, 3.63) is 76.9 Å². The largest absolute Gasteiger partial charge is 0.393 e. The normalized spacial score (nSPS) is 37.7. The van der Waals surface area contributed by atoms with Gasteiger partial charge in [-0.25, -0.2) is 0 Å². The molecule has 5 aliphatic rings. The molecule has 0 spiro atoms. The number of carbonyl (C=O) groups excluding carboxylic acids is 2. The molecule has 1 heterocycles. The van der Waals surface area contributed by atoms with E-state index in [9.17, 15) is 19.8 Å². The van der Waals surface area contributed by atoms with Gasteiger partial charge in [-0.2, -0.15) is 0 Å². The van der Waals surface area contributed by atoms with Gasteiger partial charge in [-0.05, 0) is 93.9 Å². The number of carbonyl (C=O) groups is 2. The summed E-state index contributed by atoms with van der Waals surface area (Å²) >= 11 is 8.01. The third kappa shape index (κ3) is 4.86. The van der Waals surface area contributed by atoms with Crippen LogP contribution in [0.5, 0.6) is 0 Å². The summed E-state index contributed by atoms with van der Waals surface area (Å²) in [5, 5.41) is 26.2. The molecule has 4 fully saturated rings. The standard InChI is InChI=1S/C37H42ClNO6S/c1-20(2)39-29-16-25(10-12-28(29)38)46-24-8-5-21(6-9-24)34-44-32-17-27-26-11-7-22-15-23(41)13-14-35(22,3)33(26)30(42)18-36(27,4)37(32,45-34)31(43)19-40/h5-6,8-10,12-16,20,26-27,30,32-34,39-40,42H,7,11,17-19H2,1-4H3/t26-,27-,30-,32+,33+,34+,35-,36-,37+/m0/s1. The Morgan fingerprint density at radius 2 is 1.89 bits per heavy atom. The van der Waals surface area contributed by atoms with Crippen LogP contribution in [-0.2, 0) is 19.1 Å². The quantitative estimate of drug-likeness (QED) is 0.294. The van der Waals surface area contributed by atoms with E-state index in [1.54, 1.807) is 23.9 Å². The van der Waals surface area contributed by atoms with E-state index in [1.807, 2.05) is 48.5 Å². The van der Waals surface area contributed by atoms with Gasteiger partial charge < -0.3 is 25.0 Å². The number of fused-ring (bicyclic) bond motifs is 7. The molecule has 0 aromatic heterocycles. The van der Waals surface area contributed by atoms with Gasteiger partial charge >= 0.3 is 0 Å². The van der Waals surface area contributed by atoms with Crippen molar-refractivity contribution in [2.45, 2.75) is 93.3 Å². The summed E-state index contributed by atoms with van der Waals surface area (Å²) < 4.78 is 13.3. The van der Waals surface area contributed by atoms with E-state index < -0.39 is 41.5 Å². The van der Waals surface area contributed by atoms with Crippen LogP contribution in [0.3, 0.4) is 0 Å². The van der Waals surface area contributed by atoms with Crippen LogP contribution in [0.2, 0.25) is 5.02 Å². The Balaban J connectivity index is 1.14. The second-order valence-corrected chi connectivity index (χ2v) is 16.0. The van der Waals surface area contributed by atoms with Crippen molar-refractivity contribution >= 4 is 40.6 Å². The summed E-state index contributed by atoms with van der Waals surface area (Å²) in [6.07, 6.45) is 5.91. The second kappa shape index (κ2) is 11.6. The highest BCUT2D eigenvalue weighted by molar-refractivity contribution is 7.99. The maximum atomic E-state index is 13.8. The highest BCUT2D eigenvalue weighted by Crippen LogP contribution is 2.70. The number of nitrogens with one attached hydrogen (secondary N) is 1. The molecule has 3 N–H and O–H groups in total. The molecule has 1 aliphatic heterocycles. The molecule has 0 bridgehead atoms. The van der Waals surface area contributed by atoms with E-state index >= 15 is 0 Å². The number of rotatable bonds is 7. The van der Waals surface area contributed by atoms with E-state index in [2.05, 4.69) is 33.0 Å². The molecule has 4 aliphatic carbocycles. The fraction of sp³-hybridized carbons (Fsp3) is 0.514. The number of Topliss-reactive ketones (excluding diaryl/α,β-unsaturated/α-hetero) is 1. The van der Waals surface area contributed by atoms with Crippen molar-refractivity contribution in [1.82, 2.24) is 0 Å². The van der Waals surface area contributed by atoms with E-state index in [4.69, 9.17) is 21.1 Å². The first-order valence-corrected chi connectivity index (χ1v) is 17.5. The van der Waals surface area contributed by atoms with Crippen LogP contribution in [-0.4, -0.2) is 52.2 Å². The third-order valence-corrected chi connectivity index (χ3v) is 12.9. The van der Waals surface area contributed by atoms with Gasteiger partial charge in [0.25, 0.3) is 0 Å². The lowest BCUT2D eigenvalue weighted by Crippen LogP contribution is -2.63. The lowest BCUT2D eigenvalue weighted by Gasteiger charge is -2.59. The second-order valence-electron chi connectivity index (χ2n) is 14.5. The zero-order valence-electron chi connectivity index (χ0n) is 26.7. The average molecular weight is 664 g/mol. The molecule has 9 atom stereocenters. The Morgan fingerprint density at radius 3 is 2.61 bits per heavy atom. The monoisotopic (exact) mass is 663 g/mol. The number of aliphatic hydroxyl groups is 2. The summed E-state index contributed by atoms with van der Waals surface area (Å²) in [5.74, 6) is -0.286. The van der Waals surface area contributed by atoms with Crippen LogP contribution in [0, 0.1) is 28.6 Å². The number of benzene rings is 2. The van der Waals surface area contributed by atoms with Gasteiger partial charge in [0.05, 0.1) is 22.9 Å². The van der Waals surface area contributed by atoms with Gasteiger partial charge in [-0.1, -0.05) is 61.0 Å². The summed E-state index contributed by atoms with van der Waals surface area (Å²) in [4.78, 5) is 28.1. The van der Waals surface area contributed by atoms with Crippen molar-refractivity contribution in [1.29, 1.82) is 0 Å². The minimum atomic E-state index is -1.37. The molecule has 1 saturated heterocycles. The molecule has 0 amide bonds. The Morgan fingerprint density at radius 1 is 1.15 bits per heavy atom. The summed E-state index contributed by atoms with van der Waals surface area (Å²) in [5.41, 5.74) is 0.271. The predicted octanol–water partition coefficient (Wildman–Crippen LogP) is 6.91. The molecule has 46 heavy (non-hydrogen) atoms. The highest BCUT2D eigenvalue weighted by Gasteiger charge is 2.75. The fourth-order valence-corrected chi connectivity index (χ4v) is 10.7. The van der Waals surface area contributed by atoms with Crippen LogP contribution in [0.4, 0.5) is 5.69 Å². The van der Waals surface area contributed by atoms with Gasteiger partial charge in [0.15, 0.2) is 23.5 Å². The van der Waals surface area contributed by atoms with Crippen molar-refractivity contribution in [2.24, 2.45) is 28.6 Å². The third-order valence-electron chi connectivity index (χ3n) is 11.6. The van der Waals surface area contributed by atoms with Gasteiger partial charge in [0.1, 0.15) is 6.61 Å². The number of halogens is 1. The smallest absolute Gasteiger partial charge is 0.193 e. The molecular weight excluding hydrogens is 622 g/mol. The molecule has 9 heteroatoms. The lowest BCUT2D eigenvalue weighted by atomic mass is 9.46. The fourth-order valence-electron chi connectivity index (χ4n) is 9.65. The van der Waals surface area contributed by atoms with Crippen molar-refractivity contribution in [3.63, 3.8) is 0 Å². The van der Waals surface area contributed by atoms with Crippen LogP contribution in [0.25, 0.3) is 0 Å². The first-order valence-electron chi connectivity index (χ1n) is 16.3. The first-order chi connectivity index (χ1) is 21.9.